The van der Waals surface area contributed by atoms with Crippen LogP contribution in [0, 0.1) is 5.41 Å². The molecule has 0 amide bonds. The smallest absolute Gasteiger partial charge is 0.00990 e. The highest BCUT2D eigenvalue weighted by Crippen LogP contribution is 2.32. The van der Waals surface area contributed by atoms with E-state index in [-0.39, 0.29) is 0 Å². The zero-order chi connectivity index (χ0) is 9.73. The van der Waals surface area contributed by atoms with Gasteiger partial charge in [-0.2, -0.15) is 11.3 Å². The van der Waals surface area contributed by atoms with Crippen molar-refractivity contribution in [1.82, 2.24) is 0 Å². The second-order valence-electron chi connectivity index (χ2n) is 3.43. The lowest BCUT2D eigenvalue weighted by Gasteiger charge is -2.28. The van der Waals surface area contributed by atoms with Crippen LogP contribution in [0.15, 0.2) is 16.8 Å². The van der Waals surface area contributed by atoms with Gasteiger partial charge in [0.05, 0.1) is 0 Å². The molecule has 3 heteroatoms. The molecule has 0 aliphatic heterocycles. The Balaban J connectivity index is 2.67. The molecule has 1 aromatic rings. The first kappa shape index (κ1) is 11.7. The van der Waals surface area contributed by atoms with Crippen molar-refractivity contribution in [2.24, 2.45) is 5.41 Å². The number of rotatable bonds is 5. The number of halogens is 2. The van der Waals surface area contributed by atoms with E-state index >= 15 is 0 Å². The lowest BCUT2D eigenvalue weighted by molar-refractivity contribution is 0.374. The van der Waals surface area contributed by atoms with Crippen LogP contribution >= 0.6 is 43.2 Å². The third kappa shape index (κ3) is 3.07. The summed E-state index contributed by atoms with van der Waals surface area (Å²) in [6, 6.07) is 2.22. The summed E-state index contributed by atoms with van der Waals surface area (Å²) in [4.78, 5) is 0. The average molecular weight is 326 g/mol. The zero-order valence-corrected chi connectivity index (χ0v) is 11.7. The van der Waals surface area contributed by atoms with Crippen LogP contribution in [0.2, 0.25) is 0 Å². The minimum atomic E-state index is 0.390. The highest BCUT2D eigenvalue weighted by atomic mass is 79.9. The van der Waals surface area contributed by atoms with E-state index in [1.54, 1.807) is 11.3 Å². The minimum Gasteiger partial charge on any atom is -0.152 e. The third-order valence-electron chi connectivity index (χ3n) is 2.48. The van der Waals surface area contributed by atoms with E-state index in [1.807, 2.05) is 0 Å². The molecule has 0 N–H and O–H groups in total. The Morgan fingerprint density at radius 3 is 2.46 bits per heavy atom. The van der Waals surface area contributed by atoms with Crippen molar-refractivity contribution < 1.29 is 0 Å². The van der Waals surface area contributed by atoms with Gasteiger partial charge in [-0.3, -0.25) is 0 Å². The molecule has 1 rings (SSSR count). The summed E-state index contributed by atoms with van der Waals surface area (Å²) in [7, 11) is 0. The third-order valence-corrected chi connectivity index (χ3v) is 5.59. The Labute approximate surface area is 101 Å². The molecule has 0 aliphatic rings. The first-order valence-electron chi connectivity index (χ1n) is 4.39. The molecule has 0 spiro atoms. The Morgan fingerprint density at radius 2 is 2.08 bits per heavy atom. The van der Waals surface area contributed by atoms with Crippen LogP contribution in [0.3, 0.4) is 0 Å². The molecule has 0 nitrogen and oxygen atoms in total. The molecule has 0 atom stereocenters. The number of alkyl halides is 2. The van der Waals surface area contributed by atoms with E-state index in [9.17, 15) is 0 Å². The van der Waals surface area contributed by atoms with E-state index in [2.05, 4.69) is 55.6 Å². The molecule has 13 heavy (non-hydrogen) atoms. The molecule has 74 valence electrons. The van der Waals surface area contributed by atoms with Gasteiger partial charge in [0.2, 0.25) is 0 Å². The second kappa shape index (κ2) is 5.52. The largest absolute Gasteiger partial charge is 0.152 e. The fourth-order valence-electron chi connectivity index (χ4n) is 1.27. The van der Waals surface area contributed by atoms with Gasteiger partial charge in [-0.15, -0.1) is 0 Å². The van der Waals surface area contributed by atoms with Crippen LogP contribution in [0.1, 0.15) is 18.9 Å². The van der Waals surface area contributed by atoms with Gasteiger partial charge < -0.3 is 0 Å². The van der Waals surface area contributed by atoms with Crippen molar-refractivity contribution in [3.8, 4) is 0 Å². The van der Waals surface area contributed by atoms with Crippen LogP contribution in [0.25, 0.3) is 0 Å². The molecule has 1 heterocycles. The predicted octanol–water partition coefficient (Wildman–Crippen LogP) is 4.48. The molecule has 0 saturated carbocycles. The SMILES string of the molecule is CCC(CBr)(CBr)Cc1ccsc1. The molecule has 0 fully saturated rings. The summed E-state index contributed by atoms with van der Waals surface area (Å²) in [5.41, 5.74) is 1.85. The van der Waals surface area contributed by atoms with E-state index in [4.69, 9.17) is 0 Å². The standard InChI is InChI=1S/C10H14Br2S/c1-2-10(7-11,8-12)5-9-3-4-13-6-9/h3-4,6H,2,5,7-8H2,1H3. The average Bonchev–Trinajstić information content (AvgIpc) is 2.67. The maximum atomic E-state index is 3.61. The molecule has 1 aromatic heterocycles. The van der Waals surface area contributed by atoms with Gasteiger partial charge in [-0.1, -0.05) is 38.8 Å². The summed E-state index contributed by atoms with van der Waals surface area (Å²) in [5, 5.41) is 6.53. The molecular weight excluding hydrogens is 312 g/mol. The van der Waals surface area contributed by atoms with E-state index in [0.717, 1.165) is 10.7 Å². The van der Waals surface area contributed by atoms with Crippen LogP contribution in [-0.4, -0.2) is 10.7 Å². The molecule has 0 bridgehead atoms. The van der Waals surface area contributed by atoms with E-state index in [0.29, 0.717) is 5.41 Å². The van der Waals surface area contributed by atoms with Crippen LogP contribution < -0.4 is 0 Å². The second-order valence-corrected chi connectivity index (χ2v) is 5.33. The van der Waals surface area contributed by atoms with E-state index < -0.39 is 0 Å². The zero-order valence-electron chi connectivity index (χ0n) is 7.72. The Kier molecular flexibility index (Phi) is 4.98. The first-order valence-corrected chi connectivity index (χ1v) is 7.58. The Morgan fingerprint density at radius 1 is 1.38 bits per heavy atom. The van der Waals surface area contributed by atoms with Crippen LogP contribution in [0.4, 0.5) is 0 Å². The summed E-state index contributed by atoms with van der Waals surface area (Å²) < 4.78 is 0. The van der Waals surface area contributed by atoms with Crippen molar-refractivity contribution >= 4 is 43.2 Å². The number of hydrogen-bond acceptors (Lipinski definition) is 1. The van der Waals surface area contributed by atoms with Gasteiger partial charge in [0.15, 0.2) is 0 Å². The van der Waals surface area contributed by atoms with Crippen LogP contribution in [0.5, 0.6) is 0 Å². The van der Waals surface area contributed by atoms with Gasteiger partial charge >= 0.3 is 0 Å². The van der Waals surface area contributed by atoms with Gasteiger partial charge in [0.25, 0.3) is 0 Å². The fourth-order valence-corrected chi connectivity index (χ4v) is 4.06. The quantitative estimate of drug-likeness (QED) is 0.700. The fraction of sp³-hybridized carbons (Fsp3) is 0.600. The van der Waals surface area contributed by atoms with Crippen molar-refractivity contribution in [1.29, 1.82) is 0 Å². The van der Waals surface area contributed by atoms with Crippen LogP contribution in [-0.2, 0) is 6.42 Å². The highest BCUT2D eigenvalue weighted by Gasteiger charge is 2.25. The van der Waals surface area contributed by atoms with Gasteiger partial charge in [0, 0.05) is 10.7 Å². The Bertz CT molecular complexity index is 219. The molecule has 0 aromatic carbocycles. The van der Waals surface area contributed by atoms with Crippen molar-refractivity contribution in [2.75, 3.05) is 10.7 Å². The summed E-state index contributed by atoms with van der Waals surface area (Å²) in [6.45, 7) is 2.26. The minimum absolute atomic E-state index is 0.390. The predicted molar refractivity (Wildman–Crippen MR) is 68.3 cm³/mol. The Hall–Kier alpha value is 0.660. The maximum absolute atomic E-state index is 3.61. The van der Waals surface area contributed by atoms with Crippen molar-refractivity contribution in [2.45, 2.75) is 19.8 Å². The maximum Gasteiger partial charge on any atom is 0.00990 e. The summed E-state index contributed by atoms with van der Waals surface area (Å²) in [6.07, 6.45) is 2.38. The van der Waals surface area contributed by atoms with Gasteiger partial charge in [-0.25, -0.2) is 0 Å². The molecule has 0 unspecified atom stereocenters. The molecule has 0 saturated heterocycles. The van der Waals surface area contributed by atoms with E-state index in [1.165, 1.54) is 18.4 Å². The van der Waals surface area contributed by atoms with Gasteiger partial charge in [-0.05, 0) is 40.6 Å². The lowest BCUT2D eigenvalue weighted by Crippen LogP contribution is -2.26. The monoisotopic (exact) mass is 324 g/mol. The van der Waals surface area contributed by atoms with Crippen molar-refractivity contribution in [3.05, 3.63) is 22.4 Å². The topological polar surface area (TPSA) is 0 Å². The first-order chi connectivity index (χ1) is 6.26. The number of hydrogen-bond donors (Lipinski definition) is 0. The summed E-state index contributed by atoms with van der Waals surface area (Å²) in [5.74, 6) is 0. The van der Waals surface area contributed by atoms with Gasteiger partial charge in [0.1, 0.15) is 0 Å². The normalized spacial score (nSPS) is 11.9. The molecule has 0 aliphatic carbocycles. The highest BCUT2D eigenvalue weighted by molar-refractivity contribution is 9.09. The van der Waals surface area contributed by atoms with Crippen molar-refractivity contribution in [3.63, 3.8) is 0 Å². The lowest BCUT2D eigenvalue weighted by atomic mass is 9.84. The molecule has 0 radical (unpaired) electrons. The summed E-state index contributed by atoms with van der Waals surface area (Å²) >= 11 is 9.01. The molecular formula is C10H14Br2S. The number of thiophene rings is 1.